The number of hydrogen-bond acceptors (Lipinski definition) is 4. The summed E-state index contributed by atoms with van der Waals surface area (Å²) in [6, 6.07) is 0. The highest BCUT2D eigenvalue weighted by molar-refractivity contribution is 7.93. The van der Waals surface area contributed by atoms with Gasteiger partial charge in [0.25, 0.3) is 0 Å². The topological polar surface area (TPSA) is 80.7 Å². The summed E-state index contributed by atoms with van der Waals surface area (Å²) in [6.45, 7) is 5.02. The molecule has 0 aromatic carbocycles. The first-order valence-electron chi connectivity index (χ1n) is 5.19. The normalized spacial score (nSPS) is 16.1. The van der Waals surface area contributed by atoms with Gasteiger partial charge in [-0.05, 0) is 19.3 Å². The maximum atomic E-state index is 12.0. The van der Waals surface area contributed by atoms with Gasteiger partial charge in [-0.25, -0.2) is 8.42 Å². The zero-order chi connectivity index (χ0) is 12.9. The van der Waals surface area contributed by atoms with E-state index >= 15 is 0 Å². The summed E-state index contributed by atoms with van der Waals surface area (Å²) in [5, 5.41) is 6.91. The van der Waals surface area contributed by atoms with Crippen LogP contribution in [0.4, 0.5) is 0 Å². The summed E-state index contributed by atoms with van der Waals surface area (Å²) in [5.41, 5.74) is 0. The minimum absolute atomic E-state index is 0.310. The summed E-state index contributed by atoms with van der Waals surface area (Å²) in [4.78, 5) is 11.0. The predicted molar refractivity (Wildman–Crippen MR) is 61.1 cm³/mol. The summed E-state index contributed by atoms with van der Waals surface area (Å²) in [5.74, 6) is -1.72. The molecule has 0 aromatic heterocycles. The van der Waals surface area contributed by atoms with Gasteiger partial charge in [-0.15, -0.1) is 0 Å². The number of carboxylic acids is 1. The van der Waals surface area contributed by atoms with Crippen LogP contribution in [0.3, 0.4) is 0 Å². The van der Waals surface area contributed by atoms with Crippen molar-refractivity contribution in [1.29, 1.82) is 0 Å². The zero-order valence-electron chi connectivity index (χ0n) is 10.1. The Morgan fingerprint density at radius 3 is 2.12 bits per heavy atom. The fourth-order valence-corrected chi connectivity index (χ4v) is 3.47. The van der Waals surface area contributed by atoms with Gasteiger partial charge in [-0.3, -0.25) is 4.79 Å². The Hall–Kier alpha value is -0.620. The lowest BCUT2D eigenvalue weighted by molar-refractivity contribution is -0.137. The van der Waals surface area contributed by atoms with Crippen LogP contribution in [-0.2, 0) is 19.4 Å². The fraction of sp³-hybridized carbons (Fsp3) is 0.900. The van der Waals surface area contributed by atoms with Crippen LogP contribution in [0.5, 0.6) is 0 Å². The minimum atomic E-state index is -3.65. The van der Waals surface area contributed by atoms with Crippen molar-refractivity contribution in [1.82, 2.24) is 0 Å². The van der Waals surface area contributed by atoms with Gasteiger partial charge in [0, 0.05) is 13.7 Å². The van der Waals surface area contributed by atoms with Crippen LogP contribution in [-0.4, -0.2) is 43.7 Å². The highest BCUT2D eigenvalue weighted by atomic mass is 32.2. The number of hydrogen-bond donors (Lipinski definition) is 1. The maximum absolute atomic E-state index is 12.0. The second kappa shape index (κ2) is 6.20. The highest BCUT2D eigenvalue weighted by Crippen LogP contribution is 2.19. The average molecular weight is 252 g/mol. The highest BCUT2D eigenvalue weighted by Gasteiger charge is 2.38. The number of carbonyl (C=O) groups is 1. The summed E-state index contributed by atoms with van der Waals surface area (Å²) >= 11 is 0. The van der Waals surface area contributed by atoms with Crippen LogP contribution in [0, 0.1) is 5.92 Å². The number of ether oxygens (including phenoxy) is 1. The molecule has 0 radical (unpaired) electrons. The minimum Gasteiger partial charge on any atom is -0.480 e. The predicted octanol–water partition coefficient (Wildman–Crippen LogP) is 0.935. The summed E-state index contributed by atoms with van der Waals surface area (Å²) < 4.78 is 28.8. The van der Waals surface area contributed by atoms with Crippen molar-refractivity contribution in [3.63, 3.8) is 0 Å². The molecule has 6 heteroatoms. The quantitative estimate of drug-likeness (QED) is 0.729. The molecular weight excluding hydrogens is 232 g/mol. The Morgan fingerprint density at radius 2 is 1.81 bits per heavy atom. The molecule has 0 aromatic rings. The SMILES string of the molecule is COCCC(C)S(=O)(=O)C(C(=O)O)C(C)C. The van der Waals surface area contributed by atoms with E-state index in [0.29, 0.717) is 13.0 Å². The lowest BCUT2D eigenvalue weighted by atomic mass is 10.1. The third-order valence-electron chi connectivity index (χ3n) is 2.49. The number of carboxylic acid groups (broad SMARTS) is 1. The van der Waals surface area contributed by atoms with Crippen LogP contribution < -0.4 is 0 Å². The maximum Gasteiger partial charge on any atom is 0.322 e. The molecule has 0 bridgehead atoms. The number of rotatable bonds is 7. The van der Waals surface area contributed by atoms with Crippen LogP contribution in [0.2, 0.25) is 0 Å². The fourth-order valence-electron chi connectivity index (χ4n) is 1.50. The molecular formula is C10H20O5S. The Morgan fingerprint density at radius 1 is 1.31 bits per heavy atom. The van der Waals surface area contributed by atoms with Gasteiger partial charge in [0.2, 0.25) is 0 Å². The molecule has 0 saturated carbocycles. The molecule has 0 aliphatic heterocycles. The number of sulfone groups is 1. The number of aliphatic carboxylic acids is 1. The molecule has 0 fully saturated rings. The van der Waals surface area contributed by atoms with E-state index in [1.165, 1.54) is 14.0 Å². The van der Waals surface area contributed by atoms with E-state index in [1.807, 2.05) is 0 Å². The molecule has 96 valence electrons. The summed E-state index contributed by atoms with van der Waals surface area (Å²) in [6.07, 6.45) is 0.315. The molecule has 0 heterocycles. The van der Waals surface area contributed by atoms with Gasteiger partial charge in [0.15, 0.2) is 15.1 Å². The van der Waals surface area contributed by atoms with Crippen molar-refractivity contribution < 1.29 is 23.1 Å². The van der Waals surface area contributed by atoms with Crippen molar-refractivity contribution in [3.05, 3.63) is 0 Å². The van der Waals surface area contributed by atoms with Gasteiger partial charge in [0.05, 0.1) is 5.25 Å². The van der Waals surface area contributed by atoms with Gasteiger partial charge in [-0.2, -0.15) is 0 Å². The van der Waals surface area contributed by atoms with Crippen LogP contribution in [0.1, 0.15) is 27.2 Å². The van der Waals surface area contributed by atoms with E-state index in [9.17, 15) is 13.2 Å². The zero-order valence-corrected chi connectivity index (χ0v) is 11.0. The van der Waals surface area contributed by atoms with E-state index < -0.39 is 32.2 Å². The van der Waals surface area contributed by atoms with E-state index in [2.05, 4.69) is 0 Å². The molecule has 0 aliphatic carbocycles. The average Bonchev–Trinajstić information content (AvgIpc) is 2.11. The Labute approximate surface area is 96.7 Å². The van der Waals surface area contributed by atoms with Gasteiger partial charge >= 0.3 is 5.97 Å². The number of methoxy groups -OCH3 is 1. The molecule has 0 spiro atoms. The van der Waals surface area contributed by atoms with Crippen molar-refractivity contribution in [2.45, 2.75) is 37.7 Å². The first-order valence-corrected chi connectivity index (χ1v) is 6.80. The summed E-state index contributed by atoms with van der Waals surface area (Å²) in [7, 11) is -2.17. The standard InChI is InChI=1S/C10H20O5S/c1-7(2)9(10(11)12)16(13,14)8(3)5-6-15-4/h7-9H,5-6H2,1-4H3,(H,11,12). The second-order valence-electron chi connectivity index (χ2n) is 4.18. The largest absolute Gasteiger partial charge is 0.480 e. The smallest absolute Gasteiger partial charge is 0.322 e. The van der Waals surface area contributed by atoms with Gasteiger partial charge in [0.1, 0.15) is 0 Å². The van der Waals surface area contributed by atoms with Crippen molar-refractivity contribution in [2.24, 2.45) is 5.92 Å². The van der Waals surface area contributed by atoms with Crippen molar-refractivity contribution in [3.8, 4) is 0 Å². The molecule has 2 unspecified atom stereocenters. The molecule has 2 atom stereocenters. The monoisotopic (exact) mass is 252 g/mol. The molecule has 0 amide bonds. The van der Waals surface area contributed by atoms with Crippen molar-refractivity contribution in [2.75, 3.05) is 13.7 Å². The van der Waals surface area contributed by atoms with E-state index in [1.54, 1.807) is 13.8 Å². The molecule has 0 rings (SSSR count). The molecule has 0 aliphatic rings. The first kappa shape index (κ1) is 15.4. The lowest BCUT2D eigenvalue weighted by Gasteiger charge is -2.21. The second-order valence-corrected chi connectivity index (χ2v) is 6.67. The Kier molecular flexibility index (Phi) is 5.96. The van der Waals surface area contributed by atoms with E-state index in [0.717, 1.165) is 0 Å². The van der Waals surface area contributed by atoms with Crippen LogP contribution in [0.15, 0.2) is 0 Å². The third kappa shape index (κ3) is 3.75. The van der Waals surface area contributed by atoms with E-state index in [4.69, 9.17) is 9.84 Å². The lowest BCUT2D eigenvalue weighted by Crippen LogP contribution is -2.40. The Bertz CT molecular complexity index is 320. The molecule has 1 N–H and O–H groups in total. The Balaban J connectivity index is 4.93. The van der Waals surface area contributed by atoms with Gasteiger partial charge in [-0.1, -0.05) is 13.8 Å². The third-order valence-corrected chi connectivity index (χ3v) is 5.30. The molecule has 5 nitrogen and oxygen atoms in total. The van der Waals surface area contributed by atoms with E-state index in [-0.39, 0.29) is 0 Å². The van der Waals surface area contributed by atoms with Gasteiger partial charge < -0.3 is 9.84 Å². The van der Waals surface area contributed by atoms with Crippen LogP contribution >= 0.6 is 0 Å². The van der Waals surface area contributed by atoms with Crippen LogP contribution in [0.25, 0.3) is 0 Å². The molecule has 0 saturated heterocycles. The molecule has 16 heavy (non-hydrogen) atoms. The van der Waals surface area contributed by atoms with Crippen molar-refractivity contribution >= 4 is 15.8 Å². The first-order chi connectivity index (χ1) is 7.25.